The van der Waals surface area contributed by atoms with E-state index in [4.69, 9.17) is 0 Å². The molecule has 0 spiro atoms. The molecule has 1 aromatic rings. The van der Waals surface area contributed by atoms with Crippen molar-refractivity contribution in [3.63, 3.8) is 0 Å². The van der Waals surface area contributed by atoms with Crippen LogP contribution in [0.5, 0.6) is 0 Å². The highest BCUT2D eigenvalue weighted by Crippen LogP contribution is 2.26. The quantitative estimate of drug-likeness (QED) is 0.866. The molecule has 1 N–H and O–H groups in total. The molecule has 0 radical (unpaired) electrons. The van der Waals surface area contributed by atoms with Crippen molar-refractivity contribution in [1.82, 2.24) is 15.1 Å². The van der Waals surface area contributed by atoms with E-state index in [1.54, 1.807) is 0 Å². The molecule has 28 heavy (non-hydrogen) atoms. The van der Waals surface area contributed by atoms with Crippen molar-refractivity contribution < 1.29 is 4.79 Å². The van der Waals surface area contributed by atoms with Crippen molar-refractivity contribution >= 4 is 11.7 Å². The summed E-state index contributed by atoms with van der Waals surface area (Å²) < 4.78 is 0. The largest absolute Gasteiger partial charge is 0.371 e. The number of carbonyl (C=O) groups excluding carboxylic acids is 1. The first kappa shape index (κ1) is 19.6. The van der Waals surface area contributed by atoms with Crippen LogP contribution in [-0.2, 0) is 0 Å². The van der Waals surface area contributed by atoms with Gasteiger partial charge in [-0.3, -0.25) is 0 Å². The standard InChI is InChI=1S/C23H36N4O/c1-18-6-5-7-22(19(18)2)25-14-8-20(9-15-25)24-21-10-16-27(17-11-21)23(28)26-12-3-4-13-26/h5-7,20-21,24H,3-4,8-17H2,1-2H3. The molecule has 5 nitrogen and oxygen atoms in total. The number of amides is 2. The summed E-state index contributed by atoms with van der Waals surface area (Å²) in [6.45, 7) is 10.4. The molecule has 0 aromatic heterocycles. The first-order chi connectivity index (χ1) is 13.6. The normalized spacial score (nSPS) is 22.1. The number of anilines is 1. The SMILES string of the molecule is Cc1cccc(N2CCC(NC3CCN(C(=O)N4CCCC4)CC3)CC2)c1C. The number of aryl methyl sites for hydroxylation is 1. The summed E-state index contributed by atoms with van der Waals surface area (Å²) in [5.74, 6) is 0. The minimum Gasteiger partial charge on any atom is -0.371 e. The fourth-order valence-electron chi connectivity index (χ4n) is 5.04. The highest BCUT2D eigenvalue weighted by atomic mass is 16.2. The van der Waals surface area contributed by atoms with E-state index in [1.165, 1.54) is 42.5 Å². The van der Waals surface area contributed by atoms with Gasteiger partial charge in [0.25, 0.3) is 0 Å². The molecular weight excluding hydrogens is 348 g/mol. The molecular formula is C23H36N4O. The number of benzene rings is 1. The Hall–Kier alpha value is -1.75. The fraction of sp³-hybridized carbons (Fsp3) is 0.696. The van der Waals surface area contributed by atoms with Crippen molar-refractivity contribution in [3.05, 3.63) is 29.3 Å². The van der Waals surface area contributed by atoms with Crippen LogP contribution in [0.2, 0.25) is 0 Å². The Labute approximate surface area is 170 Å². The molecule has 4 rings (SSSR count). The lowest BCUT2D eigenvalue weighted by atomic mass is 9.98. The average molecular weight is 385 g/mol. The van der Waals surface area contributed by atoms with Gasteiger partial charge in [0.2, 0.25) is 0 Å². The smallest absolute Gasteiger partial charge is 0.319 e. The van der Waals surface area contributed by atoms with Crippen molar-refractivity contribution in [2.75, 3.05) is 44.2 Å². The Kier molecular flexibility index (Phi) is 6.10. The van der Waals surface area contributed by atoms with Gasteiger partial charge in [0.15, 0.2) is 0 Å². The molecule has 3 saturated heterocycles. The Morgan fingerprint density at radius 2 is 1.43 bits per heavy atom. The maximum Gasteiger partial charge on any atom is 0.319 e. The third-order valence-corrected chi connectivity index (χ3v) is 7.03. The third kappa shape index (κ3) is 4.29. The van der Waals surface area contributed by atoms with E-state index in [2.05, 4.69) is 47.2 Å². The lowest BCUT2D eigenvalue weighted by Gasteiger charge is -2.39. The lowest BCUT2D eigenvalue weighted by molar-refractivity contribution is 0.142. The maximum absolute atomic E-state index is 12.5. The molecule has 0 bridgehead atoms. The average Bonchev–Trinajstić information content (AvgIpc) is 3.26. The molecule has 154 valence electrons. The van der Waals surface area contributed by atoms with E-state index in [0.717, 1.165) is 52.1 Å². The van der Waals surface area contributed by atoms with Crippen molar-refractivity contribution in [3.8, 4) is 0 Å². The van der Waals surface area contributed by atoms with Gasteiger partial charge >= 0.3 is 6.03 Å². The fourth-order valence-corrected chi connectivity index (χ4v) is 5.04. The van der Waals surface area contributed by atoms with Gasteiger partial charge in [0, 0.05) is 57.0 Å². The summed E-state index contributed by atoms with van der Waals surface area (Å²) >= 11 is 0. The van der Waals surface area contributed by atoms with Crippen molar-refractivity contribution in [2.24, 2.45) is 0 Å². The zero-order chi connectivity index (χ0) is 19.5. The summed E-state index contributed by atoms with van der Waals surface area (Å²) in [6, 6.07) is 8.11. The number of nitrogens with one attached hydrogen (secondary N) is 1. The summed E-state index contributed by atoms with van der Waals surface area (Å²) in [5.41, 5.74) is 4.21. The predicted octanol–water partition coefficient (Wildman–Crippen LogP) is 3.54. The number of urea groups is 1. The minimum absolute atomic E-state index is 0.276. The van der Waals surface area contributed by atoms with E-state index in [-0.39, 0.29) is 6.03 Å². The van der Waals surface area contributed by atoms with Crippen LogP contribution >= 0.6 is 0 Å². The second kappa shape index (κ2) is 8.73. The van der Waals surface area contributed by atoms with E-state index < -0.39 is 0 Å². The van der Waals surface area contributed by atoms with Gasteiger partial charge in [-0.05, 0) is 69.6 Å². The molecule has 3 heterocycles. The molecule has 0 atom stereocenters. The van der Waals surface area contributed by atoms with E-state index in [9.17, 15) is 4.79 Å². The van der Waals surface area contributed by atoms with Gasteiger partial charge < -0.3 is 20.0 Å². The summed E-state index contributed by atoms with van der Waals surface area (Å²) in [7, 11) is 0. The highest BCUT2D eigenvalue weighted by molar-refractivity contribution is 5.74. The number of nitrogens with zero attached hydrogens (tertiary/aromatic N) is 3. The maximum atomic E-state index is 12.5. The van der Waals surface area contributed by atoms with Crippen LogP contribution in [0.25, 0.3) is 0 Å². The zero-order valence-electron chi connectivity index (χ0n) is 17.6. The molecule has 3 aliphatic heterocycles. The van der Waals surface area contributed by atoms with Crippen LogP contribution < -0.4 is 10.2 Å². The number of carbonyl (C=O) groups is 1. The molecule has 1 aromatic carbocycles. The summed E-state index contributed by atoms with van der Waals surface area (Å²) in [5, 5.41) is 3.91. The topological polar surface area (TPSA) is 38.8 Å². The predicted molar refractivity (Wildman–Crippen MR) is 115 cm³/mol. The molecule has 0 saturated carbocycles. The van der Waals surface area contributed by atoms with E-state index in [0.29, 0.717) is 12.1 Å². The monoisotopic (exact) mass is 384 g/mol. The van der Waals surface area contributed by atoms with Gasteiger partial charge in [-0.2, -0.15) is 0 Å². The molecule has 3 aliphatic rings. The first-order valence-corrected chi connectivity index (χ1v) is 11.2. The first-order valence-electron chi connectivity index (χ1n) is 11.2. The summed E-state index contributed by atoms with van der Waals surface area (Å²) in [6.07, 6.45) is 6.95. The molecule has 3 fully saturated rings. The molecule has 0 aliphatic carbocycles. The van der Waals surface area contributed by atoms with Crippen molar-refractivity contribution in [2.45, 2.75) is 64.5 Å². The number of piperidine rings is 2. The second-order valence-electron chi connectivity index (χ2n) is 8.89. The van der Waals surface area contributed by atoms with E-state index >= 15 is 0 Å². The number of hydrogen-bond donors (Lipinski definition) is 1. The minimum atomic E-state index is 0.276. The van der Waals surface area contributed by atoms with Crippen LogP contribution in [0.3, 0.4) is 0 Å². The van der Waals surface area contributed by atoms with Gasteiger partial charge in [0.05, 0.1) is 0 Å². The summed E-state index contributed by atoms with van der Waals surface area (Å²) in [4.78, 5) is 19.2. The Bertz CT molecular complexity index is 669. The van der Waals surface area contributed by atoms with Crippen LogP contribution in [0.1, 0.15) is 49.7 Å². The number of likely N-dealkylation sites (tertiary alicyclic amines) is 2. The number of rotatable bonds is 3. The molecule has 2 amide bonds. The molecule has 0 unspecified atom stereocenters. The van der Waals surface area contributed by atoms with Crippen molar-refractivity contribution in [1.29, 1.82) is 0 Å². The van der Waals surface area contributed by atoms with Gasteiger partial charge in [-0.25, -0.2) is 4.79 Å². The Morgan fingerprint density at radius 1 is 0.857 bits per heavy atom. The van der Waals surface area contributed by atoms with Gasteiger partial charge in [-0.1, -0.05) is 12.1 Å². The number of hydrogen-bond acceptors (Lipinski definition) is 3. The molecule has 5 heteroatoms. The van der Waals surface area contributed by atoms with Crippen LogP contribution in [0, 0.1) is 13.8 Å². The Morgan fingerprint density at radius 3 is 2.07 bits per heavy atom. The van der Waals surface area contributed by atoms with Crippen LogP contribution in [0.4, 0.5) is 10.5 Å². The van der Waals surface area contributed by atoms with Crippen LogP contribution in [0.15, 0.2) is 18.2 Å². The van der Waals surface area contributed by atoms with E-state index in [1.807, 2.05) is 4.90 Å². The van der Waals surface area contributed by atoms with Gasteiger partial charge in [-0.15, -0.1) is 0 Å². The second-order valence-corrected chi connectivity index (χ2v) is 8.89. The Balaban J connectivity index is 1.21. The highest BCUT2D eigenvalue weighted by Gasteiger charge is 2.29. The van der Waals surface area contributed by atoms with Crippen LogP contribution in [-0.4, -0.2) is 67.2 Å². The van der Waals surface area contributed by atoms with Gasteiger partial charge in [0.1, 0.15) is 0 Å². The third-order valence-electron chi connectivity index (χ3n) is 7.03. The lowest BCUT2D eigenvalue weighted by Crippen LogP contribution is -2.52. The zero-order valence-corrected chi connectivity index (χ0v) is 17.6.